The van der Waals surface area contributed by atoms with E-state index in [0.29, 0.717) is 11.3 Å². The molecule has 1 heterocycles. The third-order valence-electron chi connectivity index (χ3n) is 3.12. The molecule has 2 aromatic rings. The number of ether oxygens (including phenoxy) is 1. The highest BCUT2D eigenvalue weighted by Crippen LogP contribution is 2.27. The molecule has 3 rings (SSSR count). The molecule has 0 amide bonds. The molecule has 2 aromatic carbocycles. The predicted octanol–water partition coefficient (Wildman–Crippen LogP) is 1.93. The molecule has 0 aliphatic carbocycles. The van der Waals surface area contributed by atoms with Crippen LogP contribution < -0.4 is 10.1 Å². The molecule has 108 valence electrons. The van der Waals surface area contributed by atoms with Crippen molar-refractivity contribution in [2.75, 3.05) is 7.05 Å². The van der Waals surface area contributed by atoms with Gasteiger partial charge in [0.15, 0.2) is 0 Å². The Morgan fingerprint density at radius 3 is 2.52 bits per heavy atom. The number of fused-ring (bicyclic) bond motifs is 1. The summed E-state index contributed by atoms with van der Waals surface area (Å²) in [6, 6.07) is 14.1. The van der Waals surface area contributed by atoms with E-state index in [9.17, 15) is 8.42 Å². The zero-order valence-corrected chi connectivity index (χ0v) is 12.2. The Morgan fingerprint density at radius 1 is 1.10 bits per heavy atom. The van der Waals surface area contributed by atoms with Gasteiger partial charge in [-0.25, -0.2) is 0 Å². The average molecular weight is 302 g/mol. The molecule has 0 saturated carbocycles. The maximum atomic E-state index is 11.9. The molecule has 1 aliphatic rings. The monoisotopic (exact) mass is 302 g/mol. The van der Waals surface area contributed by atoms with Crippen molar-refractivity contribution < 1.29 is 13.2 Å². The molecule has 0 aromatic heterocycles. The molecule has 0 spiro atoms. The Kier molecular flexibility index (Phi) is 3.48. The Bertz CT molecular complexity index is 796. The van der Waals surface area contributed by atoms with E-state index >= 15 is 0 Å². The van der Waals surface area contributed by atoms with Crippen molar-refractivity contribution in [3.8, 4) is 5.75 Å². The lowest BCUT2D eigenvalue weighted by Crippen LogP contribution is -2.08. The van der Waals surface area contributed by atoms with Crippen LogP contribution in [-0.2, 0) is 16.6 Å². The molecule has 0 bridgehead atoms. The fourth-order valence-electron chi connectivity index (χ4n) is 2.14. The van der Waals surface area contributed by atoms with Crippen LogP contribution in [0.2, 0.25) is 0 Å². The standard InChI is InChI=1S/C15H14N2O3S/c1-16-10-11-6-8-12(9-7-11)20-15-13-4-2-3-5-14(13)21(18,19)17-15/h2-9,16H,10H2,1H3. The van der Waals surface area contributed by atoms with Crippen LogP contribution in [0.5, 0.6) is 5.75 Å². The van der Waals surface area contributed by atoms with E-state index in [1.165, 1.54) is 6.07 Å². The highest BCUT2D eigenvalue weighted by Gasteiger charge is 2.29. The number of hydrogen-bond donors (Lipinski definition) is 1. The molecule has 5 nitrogen and oxygen atoms in total. The molecule has 0 unspecified atom stereocenters. The van der Waals surface area contributed by atoms with Crippen LogP contribution in [0.15, 0.2) is 57.8 Å². The van der Waals surface area contributed by atoms with Crippen molar-refractivity contribution in [1.82, 2.24) is 5.32 Å². The number of nitrogens with zero attached hydrogens (tertiary/aromatic N) is 1. The zero-order valence-electron chi connectivity index (χ0n) is 11.4. The second-order valence-electron chi connectivity index (χ2n) is 4.64. The van der Waals surface area contributed by atoms with E-state index in [1.54, 1.807) is 30.3 Å². The number of benzene rings is 2. The van der Waals surface area contributed by atoms with Crippen molar-refractivity contribution in [3.63, 3.8) is 0 Å². The van der Waals surface area contributed by atoms with Gasteiger partial charge in [-0.15, -0.1) is 4.40 Å². The Hall–Kier alpha value is -2.18. The van der Waals surface area contributed by atoms with Gasteiger partial charge in [-0.05, 0) is 36.9 Å². The van der Waals surface area contributed by atoms with E-state index in [4.69, 9.17) is 4.74 Å². The fraction of sp³-hybridized carbons (Fsp3) is 0.133. The topological polar surface area (TPSA) is 67.8 Å². The van der Waals surface area contributed by atoms with Gasteiger partial charge in [-0.3, -0.25) is 0 Å². The average Bonchev–Trinajstić information content (AvgIpc) is 2.73. The Morgan fingerprint density at radius 2 is 1.81 bits per heavy atom. The first-order valence-corrected chi connectivity index (χ1v) is 7.90. The second-order valence-corrected chi connectivity index (χ2v) is 6.22. The third kappa shape index (κ3) is 2.68. The lowest BCUT2D eigenvalue weighted by Gasteiger charge is -2.06. The summed E-state index contributed by atoms with van der Waals surface area (Å²) < 4.78 is 33.2. The van der Waals surface area contributed by atoms with E-state index in [1.807, 2.05) is 19.2 Å². The summed E-state index contributed by atoms with van der Waals surface area (Å²) in [7, 11) is -1.76. The molecule has 0 fully saturated rings. The van der Waals surface area contributed by atoms with Gasteiger partial charge >= 0.3 is 0 Å². The lowest BCUT2D eigenvalue weighted by atomic mass is 10.2. The second kappa shape index (κ2) is 5.31. The summed E-state index contributed by atoms with van der Waals surface area (Å²) in [5, 5.41) is 3.06. The maximum Gasteiger partial charge on any atom is 0.286 e. The van der Waals surface area contributed by atoms with Gasteiger partial charge in [0.2, 0.25) is 5.90 Å². The lowest BCUT2D eigenvalue weighted by molar-refractivity contribution is 0.553. The summed E-state index contributed by atoms with van der Waals surface area (Å²) in [6.07, 6.45) is 0. The van der Waals surface area contributed by atoms with Crippen molar-refractivity contribution >= 4 is 15.9 Å². The number of sulfonamides is 1. The molecule has 1 N–H and O–H groups in total. The third-order valence-corrected chi connectivity index (χ3v) is 4.44. The molecule has 0 radical (unpaired) electrons. The fourth-order valence-corrected chi connectivity index (χ4v) is 3.28. The highest BCUT2D eigenvalue weighted by atomic mass is 32.2. The molecular formula is C15H14N2O3S. The molecular weight excluding hydrogens is 288 g/mol. The summed E-state index contributed by atoms with van der Waals surface area (Å²) in [4.78, 5) is 0.187. The van der Waals surface area contributed by atoms with Crippen LogP contribution in [0.3, 0.4) is 0 Å². The molecule has 1 aliphatic heterocycles. The molecule has 21 heavy (non-hydrogen) atoms. The van der Waals surface area contributed by atoms with E-state index in [0.717, 1.165) is 12.1 Å². The first kappa shape index (κ1) is 13.8. The van der Waals surface area contributed by atoms with Crippen molar-refractivity contribution in [1.29, 1.82) is 0 Å². The van der Waals surface area contributed by atoms with Gasteiger partial charge in [0.1, 0.15) is 10.6 Å². The predicted molar refractivity (Wildman–Crippen MR) is 80.0 cm³/mol. The normalized spacial score (nSPS) is 15.4. The smallest absolute Gasteiger partial charge is 0.286 e. The Balaban J connectivity index is 1.89. The quantitative estimate of drug-likeness (QED) is 0.941. The summed E-state index contributed by atoms with van der Waals surface area (Å²) >= 11 is 0. The van der Waals surface area contributed by atoms with Gasteiger partial charge in [0.05, 0.1) is 5.56 Å². The van der Waals surface area contributed by atoms with E-state index in [-0.39, 0.29) is 10.8 Å². The van der Waals surface area contributed by atoms with Gasteiger partial charge in [0.25, 0.3) is 10.0 Å². The molecule has 0 atom stereocenters. The van der Waals surface area contributed by atoms with Crippen LogP contribution in [0.1, 0.15) is 11.1 Å². The van der Waals surface area contributed by atoms with E-state index < -0.39 is 10.0 Å². The van der Waals surface area contributed by atoms with Crippen LogP contribution in [0, 0.1) is 0 Å². The number of rotatable bonds is 3. The first-order chi connectivity index (χ1) is 10.1. The maximum absolute atomic E-state index is 11.9. The molecule has 6 heteroatoms. The minimum Gasteiger partial charge on any atom is -0.438 e. The zero-order chi connectivity index (χ0) is 14.9. The van der Waals surface area contributed by atoms with Crippen LogP contribution >= 0.6 is 0 Å². The summed E-state index contributed by atoms with van der Waals surface area (Å²) in [5.41, 5.74) is 1.61. The van der Waals surface area contributed by atoms with Gasteiger partial charge in [-0.2, -0.15) is 8.42 Å². The van der Waals surface area contributed by atoms with Crippen LogP contribution in [0.25, 0.3) is 0 Å². The number of hydrogen-bond acceptors (Lipinski definition) is 4. The highest BCUT2D eigenvalue weighted by molar-refractivity contribution is 7.90. The van der Waals surface area contributed by atoms with Crippen LogP contribution in [0.4, 0.5) is 0 Å². The van der Waals surface area contributed by atoms with Gasteiger partial charge < -0.3 is 10.1 Å². The molecule has 0 saturated heterocycles. The SMILES string of the molecule is CNCc1ccc(OC2=NS(=O)(=O)c3ccccc32)cc1. The minimum absolute atomic E-state index is 0.118. The van der Waals surface area contributed by atoms with Crippen molar-refractivity contribution in [2.24, 2.45) is 4.40 Å². The Labute approximate surface area is 123 Å². The van der Waals surface area contributed by atoms with Crippen LogP contribution in [-0.4, -0.2) is 21.4 Å². The van der Waals surface area contributed by atoms with Crippen molar-refractivity contribution in [3.05, 3.63) is 59.7 Å². The van der Waals surface area contributed by atoms with E-state index in [2.05, 4.69) is 9.71 Å². The van der Waals surface area contributed by atoms with Gasteiger partial charge in [-0.1, -0.05) is 24.3 Å². The van der Waals surface area contributed by atoms with Gasteiger partial charge in [0, 0.05) is 6.54 Å². The summed E-state index contributed by atoms with van der Waals surface area (Å²) in [5.74, 6) is 0.674. The summed E-state index contributed by atoms with van der Waals surface area (Å²) in [6.45, 7) is 0.762. The number of nitrogens with one attached hydrogen (secondary N) is 1. The largest absolute Gasteiger partial charge is 0.438 e. The van der Waals surface area contributed by atoms with Crippen molar-refractivity contribution in [2.45, 2.75) is 11.4 Å². The first-order valence-electron chi connectivity index (χ1n) is 6.46. The minimum atomic E-state index is -3.64.